The first-order valence-corrected chi connectivity index (χ1v) is 9.12. The van der Waals surface area contributed by atoms with Crippen molar-refractivity contribution in [2.75, 3.05) is 20.2 Å². The number of carbonyl (C=O) groups excluding carboxylic acids is 1. The zero-order valence-corrected chi connectivity index (χ0v) is 16.0. The van der Waals surface area contributed by atoms with Gasteiger partial charge in [0, 0.05) is 25.0 Å². The fraction of sp³-hybridized carbons (Fsp3) is 0.500. The molecule has 0 aliphatic carbocycles. The normalized spacial score (nSPS) is 15.5. The molecule has 0 saturated carbocycles. The summed E-state index contributed by atoms with van der Waals surface area (Å²) in [6, 6.07) is 4.23. The van der Waals surface area contributed by atoms with Gasteiger partial charge in [-0.25, -0.2) is 4.39 Å². The van der Waals surface area contributed by atoms with Crippen LogP contribution in [0.1, 0.15) is 54.8 Å². The van der Waals surface area contributed by atoms with Crippen molar-refractivity contribution in [3.63, 3.8) is 0 Å². The quantitative estimate of drug-likeness (QED) is 0.824. The summed E-state index contributed by atoms with van der Waals surface area (Å²) in [6.07, 6.45) is 1.57. The maximum absolute atomic E-state index is 13.6. The summed E-state index contributed by atoms with van der Waals surface area (Å²) in [6.45, 7) is 5.31. The number of carbonyl (C=O) groups is 1. The van der Waals surface area contributed by atoms with Crippen molar-refractivity contribution in [1.29, 1.82) is 0 Å². The number of halogens is 1. The molecule has 0 atom stereocenters. The number of hydrogen-bond donors (Lipinski definition) is 1. The van der Waals surface area contributed by atoms with Gasteiger partial charge >= 0.3 is 0 Å². The van der Waals surface area contributed by atoms with E-state index in [1.54, 1.807) is 4.90 Å². The third-order valence-electron chi connectivity index (χ3n) is 4.79. The van der Waals surface area contributed by atoms with E-state index in [1.165, 1.54) is 25.3 Å². The molecule has 1 aromatic heterocycles. The number of benzene rings is 1. The third-order valence-corrected chi connectivity index (χ3v) is 5.08. The molecule has 0 bridgehead atoms. The van der Waals surface area contributed by atoms with Crippen molar-refractivity contribution in [3.8, 4) is 5.75 Å². The molecule has 0 spiro atoms. The molecule has 3 rings (SSSR count). The molecule has 2 aromatic rings. The van der Waals surface area contributed by atoms with E-state index in [1.807, 2.05) is 4.57 Å². The summed E-state index contributed by atoms with van der Waals surface area (Å²) in [5, 5.41) is 7.27. The summed E-state index contributed by atoms with van der Waals surface area (Å²) in [4.78, 5) is 14.5. The van der Waals surface area contributed by atoms with E-state index in [2.05, 4.69) is 24.0 Å². The van der Waals surface area contributed by atoms with Gasteiger partial charge in [-0.05, 0) is 57.1 Å². The van der Waals surface area contributed by atoms with Gasteiger partial charge in [0.25, 0.3) is 5.91 Å². The minimum absolute atomic E-state index is 0.206. The molecule has 1 amide bonds. The highest BCUT2D eigenvalue weighted by molar-refractivity contribution is 7.71. The minimum atomic E-state index is -0.448. The highest BCUT2D eigenvalue weighted by Crippen LogP contribution is 2.30. The van der Waals surface area contributed by atoms with Crippen LogP contribution in [0.2, 0.25) is 0 Å². The van der Waals surface area contributed by atoms with Crippen LogP contribution in [0, 0.1) is 10.6 Å². The third kappa shape index (κ3) is 3.51. The summed E-state index contributed by atoms with van der Waals surface area (Å²) in [5.41, 5.74) is 0.260. The van der Waals surface area contributed by atoms with Gasteiger partial charge in [-0.15, -0.1) is 0 Å². The highest BCUT2D eigenvalue weighted by Gasteiger charge is 2.29. The lowest BCUT2D eigenvalue weighted by molar-refractivity contribution is 0.0706. The summed E-state index contributed by atoms with van der Waals surface area (Å²) in [7, 11) is 1.48. The molecular weight excluding hydrogens is 355 g/mol. The number of H-pyrrole nitrogens is 1. The number of aromatic nitrogens is 3. The number of hydrogen-bond acceptors (Lipinski definition) is 4. The van der Waals surface area contributed by atoms with Crippen molar-refractivity contribution in [2.45, 2.75) is 38.6 Å². The molecule has 6 nitrogen and oxygen atoms in total. The molecule has 8 heteroatoms. The van der Waals surface area contributed by atoms with Gasteiger partial charge in [0.1, 0.15) is 17.4 Å². The predicted molar refractivity (Wildman–Crippen MR) is 98.6 cm³/mol. The first-order valence-electron chi connectivity index (χ1n) is 8.72. The van der Waals surface area contributed by atoms with Crippen LogP contribution in [0.25, 0.3) is 0 Å². The lowest BCUT2D eigenvalue weighted by Gasteiger charge is -2.32. The lowest BCUT2D eigenvalue weighted by atomic mass is 9.95. The zero-order chi connectivity index (χ0) is 18.8. The second-order valence-corrected chi connectivity index (χ2v) is 7.15. The van der Waals surface area contributed by atoms with Crippen molar-refractivity contribution in [2.24, 2.45) is 0 Å². The smallest absolute Gasteiger partial charge is 0.257 e. The van der Waals surface area contributed by atoms with Crippen molar-refractivity contribution < 1.29 is 13.9 Å². The molecule has 0 unspecified atom stereocenters. The Morgan fingerprint density at radius 1 is 1.38 bits per heavy atom. The van der Waals surface area contributed by atoms with E-state index < -0.39 is 5.82 Å². The van der Waals surface area contributed by atoms with Gasteiger partial charge in [-0.2, -0.15) is 5.10 Å². The largest absolute Gasteiger partial charge is 0.496 e. The van der Waals surface area contributed by atoms with Crippen LogP contribution in [-0.4, -0.2) is 45.8 Å². The van der Waals surface area contributed by atoms with Crippen LogP contribution >= 0.6 is 12.2 Å². The minimum Gasteiger partial charge on any atom is -0.496 e. The van der Waals surface area contributed by atoms with Gasteiger partial charge in [0.05, 0.1) is 12.7 Å². The number of aromatic amines is 1. The first-order chi connectivity index (χ1) is 12.4. The van der Waals surface area contributed by atoms with Crippen molar-refractivity contribution in [3.05, 3.63) is 40.2 Å². The molecular formula is C18H23FN4O2S. The Morgan fingerprint density at radius 3 is 2.69 bits per heavy atom. The Balaban J connectivity index is 1.74. The van der Waals surface area contributed by atoms with E-state index in [4.69, 9.17) is 17.0 Å². The molecule has 1 N–H and O–H groups in total. The molecule has 0 radical (unpaired) electrons. The van der Waals surface area contributed by atoms with Crippen LogP contribution < -0.4 is 4.74 Å². The fourth-order valence-electron chi connectivity index (χ4n) is 3.46. The Bertz CT molecular complexity index is 853. The van der Waals surface area contributed by atoms with Crippen molar-refractivity contribution in [1.82, 2.24) is 19.7 Å². The average Bonchev–Trinajstić information content (AvgIpc) is 3.03. The summed E-state index contributed by atoms with van der Waals surface area (Å²) >= 11 is 5.32. The number of rotatable bonds is 4. The predicted octanol–water partition coefficient (Wildman–Crippen LogP) is 3.69. The topological polar surface area (TPSA) is 63.1 Å². The Labute approximate surface area is 157 Å². The van der Waals surface area contributed by atoms with Crippen LogP contribution in [0.3, 0.4) is 0 Å². The summed E-state index contributed by atoms with van der Waals surface area (Å²) in [5.74, 6) is 0.919. The lowest BCUT2D eigenvalue weighted by Crippen LogP contribution is -2.38. The second kappa shape index (κ2) is 7.57. The van der Waals surface area contributed by atoms with Gasteiger partial charge < -0.3 is 14.2 Å². The monoisotopic (exact) mass is 378 g/mol. The molecule has 1 saturated heterocycles. The van der Waals surface area contributed by atoms with Crippen LogP contribution in [0.5, 0.6) is 5.75 Å². The van der Waals surface area contributed by atoms with Crippen molar-refractivity contribution >= 4 is 18.1 Å². The van der Waals surface area contributed by atoms with Gasteiger partial charge in [-0.3, -0.25) is 9.89 Å². The highest BCUT2D eigenvalue weighted by atomic mass is 32.1. The Kier molecular flexibility index (Phi) is 5.41. The maximum Gasteiger partial charge on any atom is 0.257 e. The fourth-order valence-corrected chi connectivity index (χ4v) is 3.81. The van der Waals surface area contributed by atoms with Crippen LogP contribution in [0.15, 0.2) is 18.2 Å². The maximum atomic E-state index is 13.6. The number of piperidine rings is 1. The van der Waals surface area contributed by atoms with E-state index in [-0.39, 0.29) is 23.4 Å². The van der Waals surface area contributed by atoms with Gasteiger partial charge in [-0.1, -0.05) is 0 Å². The number of ether oxygens (including phenoxy) is 1. The first kappa shape index (κ1) is 18.6. The Morgan fingerprint density at radius 2 is 2.08 bits per heavy atom. The van der Waals surface area contributed by atoms with Gasteiger partial charge in [0.2, 0.25) is 0 Å². The second-order valence-electron chi connectivity index (χ2n) is 6.76. The number of nitrogens with zero attached hydrogens (tertiary/aromatic N) is 3. The number of methoxy groups -OCH3 is 1. The zero-order valence-electron chi connectivity index (χ0n) is 15.2. The Hall–Kier alpha value is -2.22. The molecule has 2 heterocycles. The van der Waals surface area contributed by atoms with Crippen LogP contribution in [-0.2, 0) is 0 Å². The SMILES string of the molecule is COc1ccc(F)cc1C(=O)N1CCC(c2n[nH]c(=S)n2C(C)C)CC1. The van der Waals surface area contributed by atoms with Crippen LogP contribution in [0.4, 0.5) is 4.39 Å². The van der Waals surface area contributed by atoms with E-state index in [0.717, 1.165) is 18.7 Å². The molecule has 1 fully saturated rings. The van der Waals surface area contributed by atoms with Gasteiger partial charge in [0.15, 0.2) is 4.77 Å². The number of amides is 1. The van der Waals surface area contributed by atoms with E-state index in [0.29, 0.717) is 23.6 Å². The summed E-state index contributed by atoms with van der Waals surface area (Å²) < 4.78 is 21.4. The molecule has 1 aliphatic rings. The van der Waals surface area contributed by atoms with E-state index >= 15 is 0 Å². The molecule has 26 heavy (non-hydrogen) atoms. The van der Waals surface area contributed by atoms with E-state index in [9.17, 15) is 9.18 Å². The molecule has 140 valence electrons. The standard InChI is InChI=1S/C18H23FN4O2S/c1-11(2)23-16(20-21-18(23)26)12-6-8-22(9-7-12)17(24)14-10-13(19)4-5-15(14)25-3/h4-5,10-12H,6-9H2,1-3H3,(H,21,26). The average molecular weight is 378 g/mol. The molecule has 1 aliphatic heterocycles. The number of nitrogens with one attached hydrogen (secondary N) is 1. The molecule has 1 aromatic carbocycles. The number of likely N-dealkylation sites (tertiary alicyclic amines) is 1.